The number of nitro benzene ring substituents is 1. The van der Waals surface area contributed by atoms with Gasteiger partial charge in [0, 0.05) is 24.6 Å². The number of benzene rings is 1. The summed E-state index contributed by atoms with van der Waals surface area (Å²) in [5, 5.41) is 15.9. The van der Waals surface area contributed by atoms with Gasteiger partial charge in [-0.1, -0.05) is 0 Å². The van der Waals surface area contributed by atoms with E-state index in [0.29, 0.717) is 5.56 Å². The number of nitro groups is 1. The third-order valence-corrected chi connectivity index (χ3v) is 2.67. The molecule has 1 amide bonds. The lowest BCUT2D eigenvalue weighted by Crippen LogP contribution is -2.41. The van der Waals surface area contributed by atoms with Gasteiger partial charge in [0.1, 0.15) is 0 Å². The van der Waals surface area contributed by atoms with E-state index in [0.717, 1.165) is 0 Å². The monoisotopic (exact) mass is 263 g/mol. The molecule has 0 spiro atoms. The van der Waals surface area contributed by atoms with E-state index in [2.05, 4.69) is 5.10 Å². The predicted molar refractivity (Wildman–Crippen MR) is 67.3 cm³/mol. The molecule has 0 radical (unpaired) electrons. The van der Waals surface area contributed by atoms with Crippen LogP contribution in [0.3, 0.4) is 0 Å². The first-order valence-electron chi connectivity index (χ1n) is 5.64. The van der Waals surface area contributed by atoms with Gasteiger partial charge in [0.25, 0.3) is 5.69 Å². The molecule has 0 aromatic heterocycles. The zero-order valence-electron chi connectivity index (χ0n) is 10.8. The largest absolute Gasteiger partial charge is 0.448 e. The molecule has 1 aliphatic heterocycles. The van der Waals surface area contributed by atoms with Gasteiger partial charge in [-0.2, -0.15) is 5.01 Å². The van der Waals surface area contributed by atoms with Gasteiger partial charge in [-0.25, -0.2) is 0 Å². The lowest BCUT2D eigenvalue weighted by Gasteiger charge is -2.25. The molecule has 7 nitrogen and oxygen atoms in total. The number of amides is 1. The highest BCUT2D eigenvalue weighted by Crippen LogP contribution is 2.27. The fourth-order valence-electron chi connectivity index (χ4n) is 1.80. The summed E-state index contributed by atoms with van der Waals surface area (Å²) in [6.07, 6.45) is 0. The Morgan fingerprint density at radius 2 is 1.95 bits per heavy atom. The molecule has 1 aromatic carbocycles. The molecule has 0 atom stereocenters. The van der Waals surface area contributed by atoms with E-state index in [1.165, 1.54) is 36.2 Å². The third-order valence-electron chi connectivity index (χ3n) is 2.67. The average molecular weight is 263 g/mol. The van der Waals surface area contributed by atoms with Crippen LogP contribution in [0.25, 0.3) is 0 Å². The fraction of sp³-hybridized carbons (Fsp3) is 0.333. The maximum Gasteiger partial charge on any atom is 0.269 e. The van der Waals surface area contributed by atoms with Crippen LogP contribution in [-0.4, -0.2) is 27.5 Å². The number of hydrazone groups is 1. The Kier molecular flexibility index (Phi) is 2.97. The predicted octanol–water partition coefficient (Wildman–Crippen LogP) is 1.87. The molecule has 7 heteroatoms. The Bertz CT molecular complexity index is 563. The van der Waals surface area contributed by atoms with Crippen molar-refractivity contribution in [1.82, 2.24) is 5.01 Å². The minimum atomic E-state index is -0.858. The van der Waals surface area contributed by atoms with Crippen LogP contribution in [-0.2, 0) is 9.53 Å². The summed E-state index contributed by atoms with van der Waals surface area (Å²) in [4.78, 5) is 21.5. The summed E-state index contributed by atoms with van der Waals surface area (Å²) in [7, 11) is 0. The molecule has 0 N–H and O–H groups in total. The lowest BCUT2D eigenvalue weighted by molar-refractivity contribution is -0.384. The van der Waals surface area contributed by atoms with Gasteiger partial charge in [0.15, 0.2) is 0 Å². The highest BCUT2D eigenvalue weighted by atomic mass is 16.6. The van der Waals surface area contributed by atoms with E-state index >= 15 is 0 Å². The van der Waals surface area contributed by atoms with Crippen LogP contribution in [0.2, 0.25) is 0 Å². The highest BCUT2D eigenvalue weighted by molar-refractivity contribution is 5.96. The van der Waals surface area contributed by atoms with E-state index in [1.54, 1.807) is 13.8 Å². The van der Waals surface area contributed by atoms with Crippen molar-refractivity contribution in [3.05, 3.63) is 39.9 Å². The van der Waals surface area contributed by atoms with Crippen LogP contribution < -0.4 is 0 Å². The number of nitrogens with zero attached hydrogens (tertiary/aromatic N) is 3. The van der Waals surface area contributed by atoms with Gasteiger partial charge in [-0.3, -0.25) is 14.9 Å². The van der Waals surface area contributed by atoms with Crippen LogP contribution in [0, 0.1) is 10.1 Å². The van der Waals surface area contributed by atoms with Crippen LogP contribution in [0.15, 0.2) is 29.4 Å². The second-order valence-corrected chi connectivity index (χ2v) is 4.59. The summed E-state index contributed by atoms with van der Waals surface area (Å²) in [5.74, 6) is 0.0389. The van der Waals surface area contributed by atoms with Crippen molar-refractivity contribution >= 4 is 17.5 Å². The molecule has 0 unspecified atom stereocenters. The summed E-state index contributed by atoms with van der Waals surface area (Å²) >= 11 is 0. The van der Waals surface area contributed by atoms with E-state index < -0.39 is 10.6 Å². The first kappa shape index (κ1) is 13.0. The first-order valence-corrected chi connectivity index (χ1v) is 5.64. The van der Waals surface area contributed by atoms with Crippen molar-refractivity contribution in [2.75, 3.05) is 0 Å². The van der Waals surface area contributed by atoms with Crippen molar-refractivity contribution in [3.63, 3.8) is 0 Å². The minimum absolute atomic E-state index is 0.00923. The molecule has 1 aliphatic rings. The van der Waals surface area contributed by atoms with Crippen LogP contribution >= 0.6 is 0 Å². The molecule has 0 bridgehead atoms. The Balaban J connectivity index is 2.31. The molecule has 0 saturated carbocycles. The molecular formula is C12H13N3O4. The molecule has 1 aromatic rings. The second-order valence-electron chi connectivity index (χ2n) is 4.59. The standard InChI is InChI=1S/C12H13N3O4/c1-8(16)14-12(2,3)19-11(13-14)9-4-6-10(7-5-9)15(17)18/h4-7H,1-3H3. The van der Waals surface area contributed by atoms with Crippen LogP contribution in [0.1, 0.15) is 26.3 Å². The Morgan fingerprint density at radius 3 is 2.37 bits per heavy atom. The maximum absolute atomic E-state index is 11.4. The Morgan fingerprint density at radius 1 is 1.37 bits per heavy atom. The number of non-ortho nitro benzene ring substituents is 1. The Labute approximate surface area is 109 Å². The average Bonchev–Trinajstić information content (AvgIpc) is 2.65. The fourth-order valence-corrected chi connectivity index (χ4v) is 1.80. The van der Waals surface area contributed by atoms with E-state index in [1.807, 2.05) is 0 Å². The summed E-state index contributed by atoms with van der Waals surface area (Å²) in [6.45, 7) is 4.83. The Hall–Kier alpha value is -2.44. The van der Waals surface area contributed by atoms with Gasteiger partial charge in [0.05, 0.1) is 4.92 Å². The molecular weight excluding hydrogens is 250 g/mol. The SMILES string of the molecule is CC(=O)N1N=C(c2ccc([N+](=O)[O-])cc2)OC1(C)C. The van der Waals surface area contributed by atoms with Crippen molar-refractivity contribution < 1.29 is 14.5 Å². The number of hydrogen-bond acceptors (Lipinski definition) is 5. The number of hydrogen-bond donors (Lipinski definition) is 0. The molecule has 0 fully saturated rings. The molecule has 0 aliphatic carbocycles. The normalized spacial score (nSPS) is 16.8. The smallest absolute Gasteiger partial charge is 0.269 e. The van der Waals surface area contributed by atoms with Crippen LogP contribution in [0.5, 0.6) is 0 Å². The van der Waals surface area contributed by atoms with Crippen molar-refractivity contribution in [1.29, 1.82) is 0 Å². The topological polar surface area (TPSA) is 85.0 Å². The molecule has 19 heavy (non-hydrogen) atoms. The van der Waals surface area contributed by atoms with E-state index in [4.69, 9.17) is 4.74 Å². The van der Waals surface area contributed by atoms with Crippen LogP contribution in [0.4, 0.5) is 5.69 Å². The van der Waals surface area contributed by atoms with Gasteiger partial charge in [-0.05, 0) is 26.0 Å². The van der Waals surface area contributed by atoms with E-state index in [9.17, 15) is 14.9 Å². The van der Waals surface area contributed by atoms with Gasteiger partial charge < -0.3 is 4.74 Å². The number of carbonyl (C=O) groups is 1. The van der Waals surface area contributed by atoms with Gasteiger partial charge in [0.2, 0.25) is 17.5 Å². The molecule has 0 saturated heterocycles. The number of carbonyl (C=O) groups excluding carboxylic acids is 1. The minimum Gasteiger partial charge on any atom is -0.448 e. The van der Waals surface area contributed by atoms with Gasteiger partial charge >= 0.3 is 0 Å². The zero-order chi connectivity index (χ0) is 14.2. The molecule has 1 heterocycles. The van der Waals surface area contributed by atoms with Gasteiger partial charge in [-0.15, -0.1) is 5.10 Å². The van der Waals surface area contributed by atoms with E-state index in [-0.39, 0.29) is 17.5 Å². The second kappa shape index (κ2) is 4.34. The van der Waals surface area contributed by atoms with Crippen molar-refractivity contribution in [2.24, 2.45) is 5.10 Å². The first-order chi connectivity index (χ1) is 8.81. The maximum atomic E-state index is 11.4. The van der Waals surface area contributed by atoms with Crippen molar-refractivity contribution in [2.45, 2.75) is 26.5 Å². The third kappa shape index (κ3) is 2.40. The summed E-state index contributed by atoms with van der Waals surface area (Å²) in [6, 6.07) is 5.81. The molecule has 2 rings (SSSR count). The quantitative estimate of drug-likeness (QED) is 0.602. The zero-order valence-corrected chi connectivity index (χ0v) is 10.8. The summed E-state index contributed by atoms with van der Waals surface area (Å²) in [5.41, 5.74) is -0.282. The lowest BCUT2D eigenvalue weighted by atomic mass is 10.2. The van der Waals surface area contributed by atoms with Crippen molar-refractivity contribution in [3.8, 4) is 0 Å². The number of rotatable bonds is 2. The summed E-state index contributed by atoms with van der Waals surface area (Å²) < 4.78 is 5.59. The highest BCUT2D eigenvalue weighted by Gasteiger charge is 2.38. The number of ether oxygens (including phenoxy) is 1. The molecule has 100 valence electrons.